The minimum absolute atomic E-state index is 0.0780. The Morgan fingerprint density at radius 1 is 1.35 bits per heavy atom. The van der Waals surface area contributed by atoms with Crippen LogP contribution in [0.4, 0.5) is 11.5 Å². The lowest BCUT2D eigenvalue weighted by molar-refractivity contribution is -0.385. The summed E-state index contributed by atoms with van der Waals surface area (Å²) in [5.74, 6) is 0.424. The molecule has 2 aromatic rings. The van der Waals surface area contributed by atoms with Gasteiger partial charge in [0.2, 0.25) is 0 Å². The molecule has 17 heavy (non-hydrogen) atoms. The van der Waals surface area contributed by atoms with E-state index < -0.39 is 4.92 Å². The molecule has 0 aliphatic rings. The van der Waals surface area contributed by atoms with Gasteiger partial charge < -0.3 is 5.73 Å². The largest absolute Gasteiger partial charge is 0.382 e. The van der Waals surface area contributed by atoms with Crippen LogP contribution in [0.3, 0.4) is 0 Å². The van der Waals surface area contributed by atoms with Gasteiger partial charge in [0.05, 0.1) is 10.6 Å². The van der Waals surface area contributed by atoms with Gasteiger partial charge in [0, 0.05) is 23.4 Å². The van der Waals surface area contributed by atoms with Gasteiger partial charge in [-0.2, -0.15) is 5.10 Å². The van der Waals surface area contributed by atoms with Crippen molar-refractivity contribution in [2.45, 2.75) is 13.8 Å². The molecule has 88 valence electrons. The van der Waals surface area contributed by atoms with Crippen molar-refractivity contribution in [2.24, 2.45) is 0 Å². The minimum Gasteiger partial charge on any atom is -0.382 e. The highest BCUT2D eigenvalue weighted by atomic mass is 16.6. The molecule has 2 N–H and O–H groups in total. The molecule has 1 heterocycles. The van der Waals surface area contributed by atoms with Crippen LogP contribution < -0.4 is 5.73 Å². The first-order valence-electron chi connectivity index (χ1n) is 5.06. The third-order valence-corrected chi connectivity index (χ3v) is 2.59. The molecule has 0 bridgehead atoms. The lowest BCUT2D eigenvalue weighted by Gasteiger charge is -2.02. The van der Waals surface area contributed by atoms with E-state index in [1.54, 1.807) is 25.3 Å². The van der Waals surface area contributed by atoms with E-state index in [4.69, 9.17) is 5.73 Å². The van der Waals surface area contributed by atoms with Gasteiger partial charge in [0.25, 0.3) is 5.69 Å². The van der Waals surface area contributed by atoms with Crippen molar-refractivity contribution in [1.29, 1.82) is 0 Å². The number of nitrogens with two attached hydrogens (primary N) is 1. The molecular formula is C11H12N4O2. The summed E-state index contributed by atoms with van der Waals surface area (Å²) in [7, 11) is 0. The maximum absolute atomic E-state index is 10.8. The topological polar surface area (TPSA) is 87.0 Å². The SMILES string of the molecule is Cc1ccc(-n2cc(C)c(N)n2)cc1[N+](=O)[O-]. The number of nitro benzene ring substituents is 1. The summed E-state index contributed by atoms with van der Waals surface area (Å²) in [5, 5.41) is 14.9. The number of aryl methyl sites for hydroxylation is 2. The maximum atomic E-state index is 10.8. The second-order valence-corrected chi connectivity index (χ2v) is 3.87. The van der Waals surface area contributed by atoms with Crippen molar-refractivity contribution in [1.82, 2.24) is 9.78 Å². The molecule has 0 saturated carbocycles. The van der Waals surface area contributed by atoms with E-state index in [9.17, 15) is 10.1 Å². The summed E-state index contributed by atoms with van der Waals surface area (Å²) in [6.07, 6.45) is 1.74. The highest BCUT2D eigenvalue weighted by Gasteiger charge is 2.12. The van der Waals surface area contributed by atoms with E-state index in [0.29, 0.717) is 17.1 Å². The van der Waals surface area contributed by atoms with Crippen molar-refractivity contribution in [2.75, 3.05) is 5.73 Å². The van der Waals surface area contributed by atoms with Gasteiger partial charge in [-0.25, -0.2) is 4.68 Å². The summed E-state index contributed by atoms with van der Waals surface area (Å²) in [6.45, 7) is 3.53. The monoisotopic (exact) mass is 232 g/mol. The maximum Gasteiger partial charge on any atom is 0.274 e. The Balaban J connectivity index is 2.53. The average molecular weight is 232 g/mol. The Bertz CT molecular complexity index is 570. The molecule has 0 radical (unpaired) electrons. The molecule has 1 aromatic carbocycles. The van der Waals surface area contributed by atoms with Gasteiger partial charge in [-0.1, -0.05) is 6.07 Å². The molecule has 0 amide bonds. The van der Waals surface area contributed by atoms with E-state index in [1.165, 1.54) is 10.7 Å². The zero-order chi connectivity index (χ0) is 12.6. The number of aromatic nitrogens is 2. The Kier molecular flexibility index (Phi) is 2.55. The van der Waals surface area contributed by atoms with Gasteiger partial charge in [0.1, 0.15) is 5.82 Å². The molecule has 1 aromatic heterocycles. The molecule has 0 fully saturated rings. The van der Waals surface area contributed by atoms with Crippen LogP contribution in [-0.2, 0) is 0 Å². The van der Waals surface area contributed by atoms with Crippen molar-refractivity contribution in [3.05, 3.63) is 45.6 Å². The highest BCUT2D eigenvalue weighted by molar-refractivity contribution is 5.49. The summed E-state index contributed by atoms with van der Waals surface area (Å²) in [4.78, 5) is 10.4. The molecule has 0 saturated heterocycles. The van der Waals surface area contributed by atoms with E-state index in [1.807, 2.05) is 6.92 Å². The van der Waals surface area contributed by atoms with Crippen molar-refractivity contribution >= 4 is 11.5 Å². The van der Waals surface area contributed by atoms with Crippen LogP contribution >= 0.6 is 0 Å². The standard InChI is InChI=1S/C11H12N4O2/c1-7-3-4-9(5-10(7)15(16)17)14-6-8(2)11(12)13-14/h3-6H,1-2H3,(H2,12,13). The molecule has 0 aliphatic heterocycles. The fourth-order valence-corrected chi connectivity index (χ4v) is 1.54. The van der Waals surface area contributed by atoms with E-state index >= 15 is 0 Å². The quantitative estimate of drug-likeness (QED) is 0.633. The highest BCUT2D eigenvalue weighted by Crippen LogP contribution is 2.22. The van der Waals surface area contributed by atoms with Gasteiger partial charge >= 0.3 is 0 Å². The predicted octanol–water partition coefficient (Wildman–Crippen LogP) is 1.98. The summed E-state index contributed by atoms with van der Waals surface area (Å²) < 4.78 is 1.54. The number of hydrogen-bond acceptors (Lipinski definition) is 4. The second-order valence-electron chi connectivity index (χ2n) is 3.87. The van der Waals surface area contributed by atoms with Crippen LogP contribution in [0.25, 0.3) is 5.69 Å². The Morgan fingerprint density at radius 3 is 2.59 bits per heavy atom. The first-order chi connectivity index (χ1) is 7.99. The third kappa shape index (κ3) is 1.96. The van der Waals surface area contributed by atoms with E-state index in [-0.39, 0.29) is 5.69 Å². The number of benzene rings is 1. The first kappa shape index (κ1) is 11.1. The normalized spacial score (nSPS) is 10.5. The molecule has 0 aliphatic carbocycles. The number of rotatable bonds is 2. The van der Waals surface area contributed by atoms with Crippen LogP contribution in [0.1, 0.15) is 11.1 Å². The smallest absolute Gasteiger partial charge is 0.274 e. The number of anilines is 1. The van der Waals surface area contributed by atoms with Gasteiger partial charge in [0.15, 0.2) is 0 Å². The number of nitro groups is 1. The molecule has 6 nitrogen and oxygen atoms in total. The van der Waals surface area contributed by atoms with Crippen molar-refractivity contribution in [3.8, 4) is 5.69 Å². The van der Waals surface area contributed by atoms with Crippen molar-refractivity contribution in [3.63, 3.8) is 0 Å². The summed E-state index contributed by atoms with van der Waals surface area (Å²) >= 11 is 0. The fourth-order valence-electron chi connectivity index (χ4n) is 1.54. The summed E-state index contributed by atoms with van der Waals surface area (Å²) in [6, 6.07) is 4.95. The molecule has 0 atom stereocenters. The zero-order valence-corrected chi connectivity index (χ0v) is 9.54. The van der Waals surface area contributed by atoms with Crippen LogP contribution in [0.2, 0.25) is 0 Å². The Labute approximate surface area is 97.8 Å². The Hall–Kier alpha value is -2.37. The number of nitrogen functional groups attached to an aromatic ring is 1. The summed E-state index contributed by atoms with van der Waals surface area (Å²) in [5.41, 5.74) is 7.81. The average Bonchev–Trinajstić information content (AvgIpc) is 2.59. The third-order valence-electron chi connectivity index (χ3n) is 2.59. The van der Waals surface area contributed by atoms with Gasteiger partial charge in [-0.3, -0.25) is 10.1 Å². The lowest BCUT2D eigenvalue weighted by Crippen LogP contribution is -1.99. The van der Waals surface area contributed by atoms with E-state index in [2.05, 4.69) is 5.10 Å². The van der Waals surface area contributed by atoms with Crippen molar-refractivity contribution < 1.29 is 4.92 Å². The first-order valence-corrected chi connectivity index (χ1v) is 5.06. The van der Waals surface area contributed by atoms with Gasteiger partial charge in [-0.15, -0.1) is 0 Å². The second kappa shape index (κ2) is 3.89. The van der Waals surface area contributed by atoms with Crippen LogP contribution in [0.5, 0.6) is 0 Å². The van der Waals surface area contributed by atoms with Gasteiger partial charge in [-0.05, 0) is 19.9 Å². The minimum atomic E-state index is -0.404. The molecule has 2 rings (SSSR count). The number of hydrogen-bond donors (Lipinski definition) is 1. The lowest BCUT2D eigenvalue weighted by atomic mass is 10.2. The fraction of sp³-hybridized carbons (Fsp3) is 0.182. The predicted molar refractivity (Wildman–Crippen MR) is 64.1 cm³/mol. The van der Waals surface area contributed by atoms with E-state index in [0.717, 1.165) is 5.56 Å². The molecule has 0 unspecified atom stereocenters. The van der Waals surface area contributed by atoms with Crippen LogP contribution in [0.15, 0.2) is 24.4 Å². The van der Waals surface area contributed by atoms with Crippen LogP contribution in [0, 0.1) is 24.0 Å². The molecule has 6 heteroatoms. The molecular weight excluding hydrogens is 220 g/mol. The van der Waals surface area contributed by atoms with Crippen LogP contribution in [-0.4, -0.2) is 14.7 Å². The zero-order valence-electron chi connectivity index (χ0n) is 9.54. The Morgan fingerprint density at radius 2 is 2.06 bits per heavy atom. The number of nitrogens with zero attached hydrogens (tertiary/aromatic N) is 3. The molecule has 0 spiro atoms.